The predicted octanol–water partition coefficient (Wildman–Crippen LogP) is 0.0768. The van der Waals surface area contributed by atoms with Crippen molar-refractivity contribution in [3.63, 3.8) is 0 Å². The van der Waals surface area contributed by atoms with Crippen LogP contribution in [0.1, 0.15) is 5.56 Å². The summed E-state index contributed by atoms with van der Waals surface area (Å²) in [6.45, 7) is 0. The van der Waals surface area contributed by atoms with Crippen LogP contribution in [-0.4, -0.2) is 30.3 Å². The summed E-state index contributed by atoms with van der Waals surface area (Å²) in [5.41, 5.74) is 12.8. The summed E-state index contributed by atoms with van der Waals surface area (Å²) in [4.78, 5) is 16.4. The van der Waals surface area contributed by atoms with E-state index in [1.807, 2.05) is 0 Å². The number of fused-ring (bicyclic) bond motifs is 1. The van der Waals surface area contributed by atoms with Crippen LogP contribution in [0.2, 0.25) is 0 Å². The van der Waals surface area contributed by atoms with Crippen LogP contribution in [0.15, 0.2) is 31.0 Å². The molecule has 0 aliphatic heterocycles. The minimum atomic E-state index is -0.0769. The number of nitrogens with zero attached hydrogens (tertiary/aromatic N) is 5. The smallest absolute Gasteiger partial charge is 0.171 e. The first-order valence-corrected chi connectivity index (χ1v) is 5.42. The highest BCUT2D eigenvalue weighted by Gasteiger charge is 2.14. The molecule has 8 heteroatoms. The summed E-state index contributed by atoms with van der Waals surface area (Å²) >= 11 is 0. The van der Waals surface area contributed by atoms with Gasteiger partial charge in [0.05, 0.1) is 5.56 Å². The van der Waals surface area contributed by atoms with Gasteiger partial charge in [-0.1, -0.05) is 0 Å². The molecule has 0 aliphatic carbocycles. The Bertz CT molecular complexity index is 775. The number of imidazole rings is 1. The zero-order valence-corrected chi connectivity index (χ0v) is 9.78. The van der Waals surface area contributed by atoms with E-state index in [1.165, 1.54) is 12.7 Å². The fourth-order valence-electron chi connectivity index (χ4n) is 1.81. The largest absolute Gasteiger partial charge is 0.384 e. The lowest BCUT2D eigenvalue weighted by Crippen LogP contribution is -2.15. The zero-order valence-electron chi connectivity index (χ0n) is 9.78. The van der Waals surface area contributed by atoms with Crippen molar-refractivity contribution >= 4 is 22.8 Å². The minimum Gasteiger partial charge on any atom is -0.384 e. The molecule has 0 fully saturated rings. The lowest BCUT2D eigenvalue weighted by molar-refractivity contribution is 0.995. The molecule has 0 radical (unpaired) electrons. The van der Waals surface area contributed by atoms with Crippen LogP contribution in [0.4, 0.5) is 5.82 Å². The van der Waals surface area contributed by atoms with E-state index in [2.05, 4.69) is 19.9 Å². The number of pyridine rings is 1. The summed E-state index contributed by atoms with van der Waals surface area (Å²) in [5.74, 6) is 0.701. The molecule has 0 saturated heterocycles. The second-order valence-corrected chi connectivity index (χ2v) is 3.83. The third-order valence-corrected chi connectivity index (χ3v) is 2.67. The Morgan fingerprint density at radius 3 is 2.84 bits per heavy atom. The third-order valence-electron chi connectivity index (χ3n) is 2.67. The Morgan fingerprint density at radius 2 is 2.05 bits per heavy atom. The Balaban J connectivity index is 2.32. The van der Waals surface area contributed by atoms with Gasteiger partial charge in [-0.15, -0.1) is 0 Å². The van der Waals surface area contributed by atoms with Crippen LogP contribution in [0.25, 0.3) is 17.0 Å². The van der Waals surface area contributed by atoms with Crippen molar-refractivity contribution in [2.45, 2.75) is 0 Å². The number of hydrogen-bond acceptors (Lipinski definition) is 6. The molecule has 0 unspecified atom stereocenters. The first kappa shape index (κ1) is 11.1. The van der Waals surface area contributed by atoms with E-state index in [4.69, 9.17) is 16.9 Å². The van der Waals surface area contributed by atoms with E-state index in [1.54, 1.807) is 22.9 Å². The van der Waals surface area contributed by atoms with Gasteiger partial charge in [0.15, 0.2) is 22.8 Å². The van der Waals surface area contributed by atoms with Crippen molar-refractivity contribution in [1.82, 2.24) is 24.5 Å². The van der Waals surface area contributed by atoms with Gasteiger partial charge in [0.2, 0.25) is 0 Å². The molecule has 0 spiro atoms. The summed E-state index contributed by atoms with van der Waals surface area (Å²) in [7, 11) is 0. The van der Waals surface area contributed by atoms with E-state index in [9.17, 15) is 0 Å². The molecule has 19 heavy (non-hydrogen) atoms. The molecule has 0 aliphatic rings. The summed E-state index contributed by atoms with van der Waals surface area (Å²) in [5, 5.41) is 7.58. The van der Waals surface area contributed by atoms with Crippen LogP contribution in [-0.2, 0) is 0 Å². The molecule has 3 heterocycles. The molecule has 3 aromatic rings. The van der Waals surface area contributed by atoms with Crippen LogP contribution in [0, 0.1) is 5.41 Å². The number of nitrogens with one attached hydrogen (secondary N) is 1. The molecule has 5 N–H and O–H groups in total. The van der Waals surface area contributed by atoms with Crippen molar-refractivity contribution in [3.05, 3.63) is 36.5 Å². The maximum atomic E-state index is 7.58. The average molecular weight is 254 g/mol. The van der Waals surface area contributed by atoms with Gasteiger partial charge >= 0.3 is 0 Å². The highest BCUT2D eigenvalue weighted by molar-refractivity contribution is 5.98. The molecular weight excluding hydrogens is 244 g/mol. The molecule has 8 nitrogen and oxygen atoms in total. The van der Waals surface area contributed by atoms with Gasteiger partial charge in [-0.25, -0.2) is 19.9 Å². The Kier molecular flexibility index (Phi) is 2.34. The first-order chi connectivity index (χ1) is 9.18. The maximum absolute atomic E-state index is 7.58. The van der Waals surface area contributed by atoms with Crippen LogP contribution in [0.3, 0.4) is 0 Å². The van der Waals surface area contributed by atoms with Crippen molar-refractivity contribution in [2.24, 2.45) is 5.73 Å². The lowest BCUT2D eigenvalue weighted by atomic mass is 10.2. The molecule has 0 atom stereocenters. The highest BCUT2D eigenvalue weighted by atomic mass is 15.2. The number of rotatable bonds is 2. The van der Waals surface area contributed by atoms with E-state index in [0.29, 0.717) is 28.4 Å². The van der Waals surface area contributed by atoms with Gasteiger partial charge < -0.3 is 11.5 Å². The van der Waals surface area contributed by atoms with Crippen molar-refractivity contribution in [2.75, 3.05) is 5.73 Å². The van der Waals surface area contributed by atoms with Crippen LogP contribution >= 0.6 is 0 Å². The molecule has 0 bridgehead atoms. The second-order valence-electron chi connectivity index (χ2n) is 3.83. The van der Waals surface area contributed by atoms with Gasteiger partial charge in [0.25, 0.3) is 0 Å². The standard InChI is InChI=1S/C11H10N8/c12-8(13)6-2-1-3-15-10(6)19-5-18-7-9(14)16-4-17-11(7)19/h1-5H,(H3,12,13)(H2,14,16,17). The summed E-state index contributed by atoms with van der Waals surface area (Å²) in [6, 6.07) is 3.42. The van der Waals surface area contributed by atoms with Gasteiger partial charge in [0, 0.05) is 6.20 Å². The molecule has 0 amide bonds. The van der Waals surface area contributed by atoms with Crippen molar-refractivity contribution in [1.29, 1.82) is 5.41 Å². The van der Waals surface area contributed by atoms with E-state index in [0.717, 1.165) is 0 Å². The maximum Gasteiger partial charge on any atom is 0.171 e. The molecule has 3 aromatic heterocycles. The minimum absolute atomic E-state index is 0.0769. The molecule has 0 saturated carbocycles. The Morgan fingerprint density at radius 1 is 1.21 bits per heavy atom. The van der Waals surface area contributed by atoms with Crippen molar-refractivity contribution in [3.8, 4) is 5.82 Å². The number of hydrogen-bond donors (Lipinski definition) is 3. The number of nitrogens with two attached hydrogens (primary N) is 2. The topological polar surface area (TPSA) is 132 Å². The Hall–Kier alpha value is -3.03. The molecular formula is C11H10N8. The monoisotopic (exact) mass is 254 g/mol. The quantitative estimate of drug-likeness (QED) is 0.438. The summed E-state index contributed by atoms with van der Waals surface area (Å²) in [6.07, 6.45) is 4.49. The van der Waals surface area contributed by atoms with Crippen LogP contribution < -0.4 is 11.5 Å². The SMILES string of the molecule is N=C(N)c1cccnc1-n1cnc2c(N)ncnc21. The van der Waals surface area contributed by atoms with Gasteiger partial charge in [-0.3, -0.25) is 9.98 Å². The van der Waals surface area contributed by atoms with Gasteiger partial charge in [0.1, 0.15) is 18.5 Å². The third kappa shape index (κ3) is 1.66. The highest BCUT2D eigenvalue weighted by Crippen LogP contribution is 2.19. The normalized spacial score (nSPS) is 10.7. The predicted molar refractivity (Wildman–Crippen MR) is 69.9 cm³/mol. The number of anilines is 1. The van der Waals surface area contributed by atoms with Crippen molar-refractivity contribution < 1.29 is 0 Å². The van der Waals surface area contributed by atoms with Crippen LogP contribution in [0.5, 0.6) is 0 Å². The average Bonchev–Trinajstić information content (AvgIpc) is 2.84. The lowest BCUT2D eigenvalue weighted by Gasteiger charge is -2.07. The molecule has 3 rings (SSSR count). The second kappa shape index (κ2) is 4.02. The number of amidine groups is 1. The first-order valence-electron chi connectivity index (χ1n) is 5.42. The number of nitrogen functional groups attached to an aromatic ring is 2. The summed E-state index contributed by atoms with van der Waals surface area (Å²) < 4.78 is 1.63. The van der Waals surface area contributed by atoms with Gasteiger partial charge in [-0.05, 0) is 12.1 Å². The fourth-order valence-corrected chi connectivity index (χ4v) is 1.81. The number of aromatic nitrogens is 5. The van der Waals surface area contributed by atoms with E-state index >= 15 is 0 Å². The Labute approximate surface area is 107 Å². The molecule has 94 valence electrons. The van der Waals surface area contributed by atoms with Gasteiger partial charge in [-0.2, -0.15) is 0 Å². The van der Waals surface area contributed by atoms with E-state index in [-0.39, 0.29) is 5.84 Å². The zero-order chi connectivity index (χ0) is 13.4. The van der Waals surface area contributed by atoms with E-state index < -0.39 is 0 Å². The fraction of sp³-hybridized carbons (Fsp3) is 0. The molecule has 0 aromatic carbocycles.